The Kier molecular flexibility index (Phi) is 4.21. The summed E-state index contributed by atoms with van der Waals surface area (Å²) in [6.07, 6.45) is 0. The average molecular weight is 338 g/mol. The topological polar surface area (TPSA) is 115 Å². The van der Waals surface area contributed by atoms with Crippen molar-refractivity contribution in [1.29, 1.82) is 0 Å². The second-order valence-electron chi connectivity index (χ2n) is 5.20. The Hall–Kier alpha value is -3.61. The highest BCUT2D eigenvalue weighted by atomic mass is 16.5. The Labute approximate surface area is 142 Å². The Balaban J connectivity index is 2.17. The van der Waals surface area contributed by atoms with Crippen LogP contribution in [0.4, 0.5) is 5.69 Å². The van der Waals surface area contributed by atoms with Gasteiger partial charge in [-0.3, -0.25) is 4.79 Å². The van der Waals surface area contributed by atoms with E-state index >= 15 is 0 Å². The lowest BCUT2D eigenvalue weighted by Crippen LogP contribution is -2.21. The molecule has 0 atom stereocenters. The molecule has 3 aromatic rings. The summed E-state index contributed by atoms with van der Waals surface area (Å²) in [5, 5.41) is 9.57. The van der Waals surface area contributed by atoms with E-state index in [0.29, 0.717) is 22.4 Å². The number of nitrogens with zero attached hydrogens (tertiary/aromatic N) is 1. The zero-order valence-corrected chi connectivity index (χ0v) is 13.2. The Morgan fingerprint density at radius 2 is 1.84 bits per heavy atom. The molecule has 126 valence electrons. The van der Waals surface area contributed by atoms with Gasteiger partial charge in [-0.1, -0.05) is 0 Å². The summed E-state index contributed by atoms with van der Waals surface area (Å²) in [5.41, 5.74) is 6.67. The predicted octanol–water partition coefficient (Wildman–Crippen LogP) is 2.47. The molecule has 0 aliphatic carbocycles. The maximum Gasteiger partial charge on any atom is 0.335 e. The molecule has 1 aromatic heterocycles. The van der Waals surface area contributed by atoms with Crippen LogP contribution in [0.2, 0.25) is 0 Å². The highest BCUT2D eigenvalue weighted by Gasteiger charge is 2.10. The first-order valence-corrected chi connectivity index (χ1v) is 7.28. The lowest BCUT2D eigenvalue weighted by molar-refractivity contribution is 0.0696. The van der Waals surface area contributed by atoms with Gasteiger partial charge in [-0.15, -0.1) is 0 Å². The van der Waals surface area contributed by atoms with E-state index in [0.717, 1.165) is 0 Å². The van der Waals surface area contributed by atoms with Crippen molar-refractivity contribution >= 4 is 28.5 Å². The lowest BCUT2D eigenvalue weighted by atomic mass is 10.1. The number of amides is 1. The van der Waals surface area contributed by atoms with Crippen molar-refractivity contribution in [2.75, 3.05) is 7.11 Å². The van der Waals surface area contributed by atoms with Crippen molar-refractivity contribution in [1.82, 2.24) is 0 Å². The standard InChI is InChI=1S/C18H14N2O5/c1-24-13-6-7-15-11(8-13)9-14(16(19)21)17(25-15)20-12-4-2-10(3-5-12)18(22)23/h2-9H,1H3,(H2,19,21)(H,22,23). The lowest BCUT2D eigenvalue weighted by Gasteiger charge is -2.04. The molecule has 1 heterocycles. The van der Waals surface area contributed by atoms with Crippen LogP contribution in [0.15, 0.2) is 57.9 Å². The van der Waals surface area contributed by atoms with Crippen LogP contribution in [0.25, 0.3) is 11.0 Å². The van der Waals surface area contributed by atoms with Crippen molar-refractivity contribution in [3.63, 3.8) is 0 Å². The first-order chi connectivity index (χ1) is 12.0. The maximum atomic E-state index is 11.7. The number of aromatic carboxylic acids is 1. The van der Waals surface area contributed by atoms with E-state index in [1.165, 1.54) is 31.4 Å². The van der Waals surface area contributed by atoms with Crippen LogP contribution in [0.5, 0.6) is 5.75 Å². The van der Waals surface area contributed by atoms with Crippen molar-refractivity contribution < 1.29 is 23.8 Å². The van der Waals surface area contributed by atoms with Crippen LogP contribution >= 0.6 is 0 Å². The fourth-order valence-electron chi connectivity index (χ4n) is 2.29. The van der Waals surface area contributed by atoms with Gasteiger partial charge in [0, 0.05) is 5.39 Å². The molecular formula is C18H14N2O5. The molecule has 0 fully saturated rings. The number of carboxylic acids is 1. The highest BCUT2D eigenvalue weighted by Crippen LogP contribution is 2.21. The Morgan fingerprint density at radius 1 is 1.12 bits per heavy atom. The quantitative estimate of drug-likeness (QED) is 0.758. The van der Waals surface area contributed by atoms with Crippen molar-refractivity contribution in [2.45, 2.75) is 0 Å². The fourth-order valence-corrected chi connectivity index (χ4v) is 2.29. The summed E-state index contributed by atoms with van der Waals surface area (Å²) >= 11 is 0. The van der Waals surface area contributed by atoms with Crippen molar-refractivity contribution in [3.05, 3.63) is 65.2 Å². The van der Waals surface area contributed by atoms with Crippen LogP contribution in [-0.4, -0.2) is 24.1 Å². The summed E-state index contributed by atoms with van der Waals surface area (Å²) in [6, 6.07) is 12.6. The van der Waals surface area contributed by atoms with Gasteiger partial charge < -0.3 is 20.0 Å². The molecule has 1 amide bonds. The molecule has 3 rings (SSSR count). The number of hydrogen-bond acceptors (Lipinski definition) is 5. The van der Waals surface area contributed by atoms with Crippen LogP contribution < -0.4 is 16.0 Å². The minimum Gasteiger partial charge on any atom is -0.497 e. The van der Waals surface area contributed by atoms with Crippen LogP contribution in [0.3, 0.4) is 0 Å². The summed E-state index contributed by atoms with van der Waals surface area (Å²) in [7, 11) is 1.54. The van der Waals surface area contributed by atoms with Gasteiger partial charge in [-0.2, -0.15) is 0 Å². The van der Waals surface area contributed by atoms with E-state index in [9.17, 15) is 9.59 Å². The molecule has 7 heteroatoms. The maximum absolute atomic E-state index is 11.7. The van der Waals surface area contributed by atoms with E-state index < -0.39 is 11.9 Å². The van der Waals surface area contributed by atoms with E-state index in [2.05, 4.69) is 4.99 Å². The van der Waals surface area contributed by atoms with Gasteiger partial charge in [0.25, 0.3) is 5.91 Å². The van der Waals surface area contributed by atoms with Gasteiger partial charge >= 0.3 is 5.97 Å². The molecule has 0 unspecified atom stereocenters. The number of ether oxygens (including phenoxy) is 1. The third-order valence-corrected chi connectivity index (χ3v) is 3.56. The molecule has 25 heavy (non-hydrogen) atoms. The molecule has 0 bridgehead atoms. The summed E-state index contributed by atoms with van der Waals surface area (Å²) < 4.78 is 10.8. The van der Waals surface area contributed by atoms with Gasteiger partial charge in [0.1, 0.15) is 16.9 Å². The van der Waals surface area contributed by atoms with Crippen LogP contribution in [0, 0.1) is 0 Å². The number of primary amides is 1. The van der Waals surface area contributed by atoms with E-state index in [1.54, 1.807) is 24.3 Å². The van der Waals surface area contributed by atoms with Gasteiger partial charge in [-0.25, -0.2) is 9.79 Å². The number of hydrogen-bond donors (Lipinski definition) is 2. The first kappa shape index (κ1) is 16.3. The third-order valence-electron chi connectivity index (χ3n) is 3.56. The zero-order chi connectivity index (χ0) is 18.0. The molecule has 0 saturated carbocycles. The smallest absolute Gasteiger partial charge is 0.335 e. The second-order valence-corrected chi connectivity index (χ2v) is 5.20. The number of carboxylic acid groups (broad SMARTS) is 1. The van der Waals surface area contributed by atoms with Gasteiger partial charge in [0.05, 0.1) is 18.4 Å². The van der Waals surface area contributed by atoms with Crippen LogP contribution in [-0.2, 0) is 0 Å². The molecule has 3 N–H and O–H groups in total. The molecule has 0 aliphatic rings. The first-order valence-electron chi connectivity index (χ1n) is 7.28. The fraction of sp³-hybridized carbons (Fsp3) is 0.0556. The van der Waals surface area contributed by atoms with Gasteiger partial charge in [0.2, 0.25) is 5.55 Å². The van der Waals surface area contributed by atoms with Crippen LogP contribution in [0.1, 0.15) is 20.7 Å². The minimum absolute atomic E-state index is 0.0493. The summed E-state index contributed by atoms with van der Waals surface area (Å²) in [4.78, 5) is 26.9. The SMILES string of the molecule is COc1ccc2oc(=Nc3ccc(C(=O)O)cc3)c(C(N)=O)cc2c1. The normalized spacial score (nSPS) is 11.5. The molecule has 7 nitrogen and oxygen atoms in total. The Morgan fingerprint density at radius 3 is 2.44 bits per heavy atom. The minimum atomic E-state index is -1.03. The molecule has 0 aliphatic heterocycles. The molecule has 0 saturated heterocycles. The van der Waals surface area contributed by atoms with Crippen molar-refractivity contribution in [3.8, 4) is 5.75 Å². The number of benzene rings is 2. The molecule has 0 spiro atoms. The number of carbonyl (C=O) groups is 2. The number of methoxy groups -OCH3 is 1. The van der Waals surface area contributed by atoms with Crippen molar-refractivity contribution in [2.24, 2.45) is 10.7 Å². The molecular weight excluding hydrogens is 324 g/mol. The van der Waals surface area contributed by atoms with E-state index in [4.69, 9.17) is 20.0 Å². The highest BCUT2D eigenvalue weighted by molar-refractivity contribution is 5.95. The summed E-state index contributed by atoms with van der Waals surface area (Å²) in [5.74, 6) is -1.10. The summed E-state index contributed by atoms with van der Waals surface area (Å²) in [6.45, 7) is 0. The van der Waals surface area contributed by atoms with Gasteiger partial charge in [-0.05, 0) is 48.5 Å². The third kappa shape index (κ3) is 3.35. The molecule has 0 radical (unpaired) electrons. The largest absolute Gasteiger partial charge is 0.497 e. The number of carbonyl (C=O) groups excluding carboxylic acids is 1. The monoisotopic (exact) mass is 338 g/mol. The zero-order valence-electron chi connectivity index (χ0n) is 13.2. The van der Waals surface area contributed by atoms with Gasteiger partial charge in [0.15, 0.2) is 0 Å². The molecule has 2 aromatic carbocycles. The van der Waals surface area contributed by atoms with E-state index in [1.807, 2.05) is 0 Å². The predicted molar refractivity (Wildman–Crippen MR) is 89.9 cm³/mol. The number of fused-ring (bicyclic) bond motifs is 1. The second kappa shape index (κ2) is 6.48. The average Bonchev–Trinajstić information content (AvgIpc) is 2.61. The van der Waals surface area contributed by atoms with E-state index in [-0.39, 0.29) is 16.7 Å². The Bertz CT molecular complexity index is 1040. The number of nitrogens with two attached hydrogens (primary N) is 1. The number of rotatable bonds is 4.